The van der Waals surface area contributed by atoms with Crippen LogP contribution in [0.5, 0.6) is 0 Å². The smallest absolute Gasteiger partial charge is 0.213 e. The third-order valence-electron chi connectivity index (χ3n) is 2.37. The fourth-order valence-corrected chi connectivity index (χ4v) is 2.65. The highest BCUT2D eigenvalue weighted by Gasteiger charge is 2.23. The van der Waals surface area contributed by atoms with E-state index in [9.17, 15) is 22.0 Å². The number of sulfone groups is 1. The van der Waals surface area contributed by atoms with Crippen LogP contribution in [-0.2, 0) is 9.84 Å². The van der Waals surface area contributed by atoms with E-state index in [1.165, 1.54) is 18.4 Å². The first-order valence-electron chi connectivity index (χ1n) is 5.14. The number of hydrogen-bond acceptors (Lipinski definition) is 4. The Morgan fingerprint density at radius 2 is 1.89 bits per heavy atom. The standard InChI is InChI=1S/C12H8F2O4S/c13-9-4-3-8(6-10(9)14)19(16,17)7-11(15)12-2-1-5-18-12/h1-6H,7H2. The maximum atomic E-state index is 13.0. The Labute approximate surface area is 107 Å². The molecule has 1 heterocycles. The lowest BCUT2D eigenvalue weighted by molar-refractivity contribution is 0.0990. The van der Waals surface area contributed by atoms with Gasteiger partial charge in [-0.1, -0.05) is 0 Å². The average Bonchev–Trinajstić information content (AvgIpc) is 2.85. The molecule has 2 rings (SSSR count). The Balaban J connectivity index is 2.28. The number of hydrogen-bond donors (Lipinski definition) is 0. The molecule has 1 aromatic carbocycles. The maximum absolute atomic E-state index is 13.0. The number of benzene rings is 1. The molecule has 7 heteroatoms. The van der Waals surface area contributed by atoms with Gasteiger partial charge >= 0.3 is 0 Å². The van der Waals surface area contributed by atoms with E-state index in [0.29, 0.717) is 12.1 Å². The number of rotatable bonds is 4. The number of carbonyl (C=O) groups excluding carboxylic acids is 1. The minimum Gasteiger partial charge on any atom is -0.461 e. The van der Waals surface area contributed by atoms with Crippen LogP contribution < -0.4 is 0 Å². The molecule has 19 heavy (non-hydrogen) atoms. The Morgan fingerprint density at radius 1 is 1.16 bits per heavy atom. The quantitative estimate of drug-likeness (QED) is 0.638. The van der Waals surface area contributed by atoms with Gasteiger partial charge in [0.25, 0.3) is 0 Å². The molecule has 0 amide bonds. The van der Waals surface area contributed by atoms with Crippen molar-refractivity contribution in [3.63, 3.8) is 0 Å². The molecule has 0 fully saturated rings. The van der Waals surface area contributed by atoms with Crippen molar-refractivity contribution in [2.24, 2.45) is 0 Å². The van der Waals surface area contributed by atoms with Gasteiger partial charge in [0.15, 0.2) is 27.2 Å². The van der Waals surface area contributed by atoms with Crippen molar-refractivity contribution >= 4 is 15.6 Å². The van der Waals surface area contributed by atoms with Crippen LogP contribution >= 0.6 is 0 Å². The molecule has 0 unspecified atom stereocenters. The van der Waals surface area contributed by atoms with E-state index < -0.39 is 37.9 Å². The minimum atomic E-state index is -4.04. The van der Waals surface area contributed by atoms with Crippen LogP contribution in [0.2, 0.25) is 0 Å². The summed E-state index contributed by atoms with van der Waals surface area (Å²) in [5.41, 5.74) is 0. The van der Waals surface area contributed by atoms with Crippen LogP contribution in [0.4, 0.5) is 8.78 Å². The molecule has 0 aliphatic carbocycles. The van der Waals surface area contributed by atoms with Crippen molar-refractivity contribution in [1.82, 2.24) is 0 Å². The van der Waals surface area contributed by atoms with Gasteiger partial charge < -0.3 is 4.42 Å². The molecule has 2 aromatic rings. The summed E-state index contributed by atoms with van der Waals surface area (Å²) in [7, 11) is -4.04. The van der Waals surface area contributed by atoms with Crippen molar-refractivity contribution in [3.8, 4) is 0 Å². The predicted octanol–water partition coefficient (Wildman–Crippen LogP) is 2.21. The molecule has 0 aliphatic heterocycles. The first-order valence-corrected chi connectivity index (χ1v) is 6.80. The molecule has 0 aliphatic rings. The SMILES string of the molecule is O=C(CS(=O)(=O)c1ccc(F)c(F)c1)c1ccco1. The summed E-state index contributed by atoms with van der Waals surface area (Å²) in [6.07, 6.45) is 1.23. The summed E-state index contributed by atoms with van der Waals surface area (Å²) in [6, 6.07) is 4.91. The van der Waals surface area contributed by atoms with Gasteiger partial charge in [-0.3, -0.25) is 4.79 Å². The van der Waals surface area contributed by atoms with E-state index >= 15 is 0 Å². The molecule has 0 spiro atoms. The van der Waals surface area contributed by atoms with Gasteiger partial charge in [0, 0.05) is 0 Å². The van der Waals surface area contributed by atoms with Crippen molar-refractivity contribution in [1.29, 1.82) is 0 Å². The average molecular weight is 286 g/mol. The summed E-state index contributed by atoms with van der Waals surface area (Å²) in [6.45, 7) is 0. The Bertz CT molecular complexity index is 705. The van der Waals surface area contributed by atoms with Crippen LogP contribution in [-0.4, -0.2) is 20.0 Å². The highest BCUT2D eigenvalue weighted by molar-refractivity contribution is 7.92. The number of ketones is 1. The van der Waals surface area contributed by atoms with Crippen molar-refractivity contribution in [2.45, 2.75) is 4.90 Å². The van der Waals surface area contributed by atoms with E-state index in [-0.39, 0.29) is 5.76 Å². The zero-order valence-corrected chi connectivity index (χ0v) is 10.3. The molecular weight excluding hydrogens is 278 g/mol. The van der Waals surface area contributed by atoms with Crippen molar-refractivity contribution in [2.75, 3.05) is 5.75 Å². The van der Waals surface area contributed by atoms with Crippen molar-refractivity contribution in [3.05, 3.63) is 54.0 Å². The second-order valence-electron chi connectivity index (χ2n) is 3.74. The van der Waals surface area contributed by atoms with E-state index in [2.05, 4.69) is 0 Å². The molecule has 4 nitrogen and oxygen atoms in total. The summed E-state index contributed by atoms with van der Waals surface area (Å²) >= 11 is 0. The van der Waals surface area contributed by atoms with Crippen LogP contribution in [0.3, 0.4) is 0 Å². The lowest BCUT2D eigenvalue weighted by atomic mass is 10.3. The highest BCUT2D eigenvalue weighted by atomic mass is 32.2. The van der Waals surface area contributed by atoms with Crippen molar-refractivity contribution < 1.29 is 26.4 Å². The zero-order valence-electron chi connectivity index (χ0n) is 9.47. The third kappa shape index (κ3) is 2.87. The van der Waals surface area contributed by atoms with Crippen LogP contribution in [0.15, 0.2) is 45.9 Å². The second kappa shape index (κ2) is 4.93. The summed E-state index contributed by atoms with van der Waals surface area (Å²) < 4.78 is 54.2. The van der Waals surface area contributed by atoms with Gasteiger partial charge in [0.1, 0.15) is 5.75 Å². The molecule has 1 aromatic heterocycles. The molecular formula is C12H8F2O4S. The number of carbonyl (C=O) groups is 1. The van der Waals surface area contributed by atoms with Gasteiger partial charge in [-0.25, -0.2) is 17.2 Å². The minimum absolute atomic E-state index is 0.105. The topological polar surface area (TPSA) is 64.3 Å². The lowest BCUT2D eigenvalue weighted by Gasteiger charge is -2.03. The Morgan fingerprint density at radius 3 is 2.47 bits per heavy atom. The predicted molar refractivity (Wildman–Crippen MR) is 61.4 cm³/mol. The summed E-state index contributed by atoms with van der Waals surface area (Å²) in [5, 5.41) is 0. The largest absolute Gasteiger partial charge is 0.461 e. The fourth-order valence-electron chi connectivity index (χ4n) is 1.43. The first-order chi connectivity index (χ1) is 8.90. The molecule has 0 N–H and O–H groups in total. The number of furan rings is 1. The normalized spacial score (nSPS) is 11.5. The van der Waals surface area contributed by atoms with E-state index in [1.807, 2.05) is 0 Å². The second-order valence-corrected chi connectivity index (χ2v) is 5.73. The highest BCUT2D eigenvalue weighted by Crippen LogP contribution is 2.16. The fraction of sp³-hybridized carbons (Fsp3) is 0.0833. The molecule has 0 saturated heterocycles. The summed E-state index contributed by atoms with van der Waals surface area (Å²) in [4.78, 5) is 11.2. The van der Waals surface area contributed by atoms with E-state index in [0.717, 1.165) is 6.07 Å². The lowest BCUT2D eigenvalue weighted by Crippen LogP contribution is -2.16. The maximum Gasteiger partial charge on any atom is 0.213 e. The van der Waals surface area contributed by atoms with Gasteiger partial charge in [0.05, 0.1) is 11.2 Å². The van der Waals surface area contributed by atoms with Gasteiger partial charge in [-0.05, 0) is 30.3 Å². The van der Waals surface area contributed by atoms with Crippen LogP contribution in [0.25, 0.3) is 0 Å². The molecule has 0 saturated carbocycles. The van der Waals surface area contributed by atoms with Crippen LogP contribution in [0.1, 0.15) is 10.6 Å². The molecule has 0 bridgehead atoms. The molecule has 0 radical (unpaired) electrons. The van der Waals surface area contributed by atoms with E-state index in [4.69, 9.17) is 4.42 Å². The number of halogens is 2. The third-order valence-corrected chi connectivity index (χ3v) is 3.98. The zero-order chi connectivity index (χ0) is 14.0. The van der Waals surface area contributed by atoms with E-state index in [1.54, 1.807) is 0 Å². The first kappa shape index (κ1) is 13.4. The van der Waals surface area contributed by atoms with Gasteiger partial charge in [-0.15, -0.1) is 0 Å². The Kier molecular flexibility index (Phi) is 3.48. The molecule has 100 valence electrons. The van der Waals surface area contributed by atoms with Gasteiger partial charge in [-0.2, -0.15) is 0 Å². The number of Topliss-reactive ketones (excluding diaryl/α,β-unsaturated/α-hetero) is 1. The monoisotopic (exact) mass is 286 g/mol. The Hall–Kier alpha value is -2.02. The summed E-state index contributed by atoms with van der Waals surface area (Å²) in [5.74, 6) is -4.17. The van der Waals surface area contributed by atoms with Gasteiger partial charge in [0.2, 0.25) is 5.78 Å². The van der Waals surface area contributed by atoms with Crippen LogP contribution in [0, 0.1) is 11.6 Å². The molecule has 0 atom stereocenters.